The Morgan fingerprint density at radius 2 is 1.61 bits per heavy atom. The van der Waals surface area contributed by atoms with E-state index in [1.165, 1.54) is 89.0 Å². The zero-order chi connectivity index (χ0) is 20.0. The normalized spacial score (nSPS) is 24.3. The predicted octanol–water partition coefficient (Wildman–Crippen LogP) is 7.33. The van der Waals surface area contributed by atoms with Crippen molar-refractivity contribution in [3.8, 4) is 12.1 Å². The highest BCUT2D eigenvalue weighted by Crippen LogP contribution is 2.52. The first-order valence-corrected chi connectivity index (χ1v) is 11.6. The van der Waals surface area contributed by atoms with E-state index >= 15 is 0 Å². The Balaban J connectivity index is 1.88. The van der Waals surface area contributed by atoms with Crippen molar-refractivity contribution in [1.29, 1.82) is 10.5 Å². The van der Waals surface area contributed by atoms with Gasteiger partial charge in [0.1, 0.15) is 12.1 Å². The van der Waals surface area contributed by atoms with Crippen LogP contribution in [0.15, 0.2) is 12.1 Å². The van der Waals surface area contributed by atoms with Crippen molar-refractivity contribution in [1.82, 2.24) is 0 Å². The highest BCUT2D eigenvalue weighted by atomic mass is 14.5. The van der Waals surface area contributed by atoms with Gasteiger partial charge in [-0.05, 0) is 61.0 Å². The summed E-state index contributed by atoms with van der Waals surface area (Å²) in [6.07, 6.45) is 17.0. The van der Waals surface area contributed by atoms with Gasteiger partial charge < -0.3 is 0 Å². The molecule has 0 aliphatic heterocycles. The van der Waals surface area contributed by atoms with Crippen molar-refractivity contribution >= 4 is 0 Å². The molecule has 0 aromatic heterocycles. The third-order valence-electron chi connectivity index (χ3n) is 7.76. The summed E-state index contributed by atoms with van der Waals surface area (Å²) >= 11 is 0. The molecular weight excluding hydrogens is 340 g/mol. The smallest absolute Gasteiger partial charge is 0.101 e. The maximum atomic E-state index is 9.96. The monoisotopic (exact) mass is 376 g/mol. The van der Waals surface area contributed by atoms with Gasteiger partial charge in [0, 0.05) is 0 Å². The third-order valence-corrected chi connectivity index (χ3v) is 7.76. The molecule has 2 heteroatoms. The average Bonchev–Trinajstić information content (AvgIpc) is 2.74. The van der Waals surface area contributed by atoms with Crippen LogP contribution in [0.25, 0.3) is 0 Å². The molecule has 1 aromatic carbocycles. The molecule has 0 bridgehead atoms. The van der Waals surface area contributed by atoms with Crippen LogP contribution in [0, 0.1) is 41.4 Å². The minimum atomic E-state index is 0.122. The number of unbranched alkanes of at least 4 members (excludes halogenated alkanes) is 2. The van der Waals surface area contributed by atoms with E-state index in [0.717, 1.165) is 11.5 Å². The van der Waals surface area contributed by atoms with Gasteiger partial charge in [-0.25, -0.2) is 0 Å². The zero-order valence-electron chi connectivity index (χ0n) is 17.9. The van der Waals surface area contributed by atoms with E-state index < -0.39 is 0 Å². The van der Waals surface area contributed by atoms with Crippen molar-refractivity contribution in [2.75, 3.05) is 0 Å². The molecule has 0 heterocycles. The van der Waals surface area contributed by atoms with E-state index in [9.17, 15) is 10.5 Å². The summed E-state index contributed by atoms with van der Waals surface area (Å²) < 4.78 is 0. The number of nitrogens with zero attached hydrogens (tertiary/aromatic N) is 2. The summed E-state index contributed by atoms with van der Waals surface area (Å²) in [5.41, 5.74) is 3.55. The fraction of sp³-hybridized carbons (Fsp3) is 0.692. The summed E-state index contributed by atoms with van der Waals surface area (Å²) in [5, 5.41) is 19.6. The zero-order valence-corrected chi connectivity index (χ0v) is 17.9. The molecular formula is C26H36N2. The molecule has 0 spiro atoms. The van der Waals surface area contributed by atoms with Crippen molar-refractivity contribution in [3.63, 3.8) is 0 Å². The Morgan fingerprint density at radius 1 is 0.929 bits per heavy atom. The molecule has 0 radical (unpaired) electrons. The fourth-order valence-electron chi connectivity index (χ4n) is 6.15. The average molecular weight is 377 g/mol. The van der Waals surface area contributed by atoms with E-state index in [1.54, 1.807) is 0 Å². The van der Waals surface area contributed by atoms with E-state index in [-0.39, 0.29) is 5.41 Å². The molecule has 2 nitrogen and oxygen atoms in total. The van der Waals surface area contributed by atoms with Crippen LogP contribution >= 0.6 is 0 Å². The van der Waals surface area contributed by atoms with E-state index in [1.807, 2.05) is 6.92 Å². The second-order valence-corrected chi connectivity index (χ2v) is 9.33. The summed E-state index contributed by atoms with van der Waals surface area (Å²) in [7, 11) is 0. The molecule has 2 fully saturated rings. The molecule has 2 aliphatic rings. The quantitative estimate of drug-likeness (QED) is 0.488. The highest BCUT2D eigenvalue weighted by Gasteiger charge is 2.44. The Hall–Kier alpha value is -1.80. The summed E-state index contributed by atoms with van der Waals surface area (Å²) in [5.74, 6) is 1.59. The topological polar surface area (TPSA) is 47.6 Å². The Bertz CT molecular complexity index is 735. The molecule has 150 valence electrons. The molecule has 3 rings (SSSR count). The molecule has 0 N–H and O–H groups in total. The Morgan fingerprint density at radius 3 is 2.21 bits per heavy atom. The molecule has 0 atom stereocenters. The van der Waals surface area contributed by atoms with Crippen molar-refractivity contribution in [2.45, 2.75) is 103 Å². The maximum absolute atomic E-state index is 9.96. The number of aryl methyl sites for hydroxylation is 1. The molecule has 28 heavy (non-hydrogen) atoms. The van der Waals surface area contributed by atoms with Crippen LogP contribution in [-0.4, -0.2) is 0 Å². The van der Waals surface area contributed by atoms with Crippen LogP contribution in [-0.2, 0) is 5.41 Å². The molecule has 0 unspecified atom stereocenters. The van der Waals surface area contributed by atoms with Gasteiger partial charge in [-0.1, -0.05) is 76.8 Å². The lowest BCUT2D eigenvalue weighted by atomic mass is 9.56. The van der Waals surface area contributed by atoms with E-state index in [0.29, 0.717) is 17.0 Å². The molecule has 2 saturated carbocycles. The van der Waals surface area contributed by atoms with E-state index in [4.69, 9.17) is 0 Å². The summed E-state index contributed by atoms with van der Waals surface area (Å²) in [6.45, 7) is 4.24. The van der Waals surface area contributed by atoms with Crippen molar-refractivity contribution < 1.29 is 0 Å². The summed E-state index contributed by atoms with van der Waals surface area (Å²) in [6, 6.07) is 9.05. The first-order valence-electron chi connectivity index (χ1n) is 11.6. The van der Waals surface area contributed by atoms with Gasteiger partial charge >= 0.3 is 0 Å². The van der Waals surface area contributed by atoms with Crippen LogP contribution in [0.4, 0.5) is 0 Å². The number of rotatable bonds is 6. The second-order valence-electron chi connectivity index (χ2n) is 9.33. The largest absolute Gasteiger partial charge is 0.192 e. The lowest BCUT2D eigenvalue weighted by Gasteiger charge is -2.47. The van der Waals surface area contributed by atoms with Gasteiger partial charge in [0.2, 0.25) is 0 Å². The number of benzene rings is 1. The molecule has 0 amide bonds. The summed E-state index contributed by atoms with van der Waals surface area (Å²) in [4.78, 5) is 0. The molecule has 0 saturated heterocycles. The van der Waals surface area contributed by atoms with Crippen LogP contribution in [0.1, 0.15) is 113 Å². The Labute approximate surface area is 172 Å². The first kappa shape index (κ1) is 20.9. The second kappa shape index (κ2) is 9.60. The maximum Gasteiger partial charge on any atom is 0.101 e. The van der Waals surface area contributed by atoms with Gasteiger partial charge in [0.25, 0.3) is 0 Å². The van der Waals surface area contributed by atoms with Gasteiger partial charge in [-0.3, -0.25) is 0 Å². The van der Waals surface area contributed by atoms with E-state index in [2.05, 4.69) is 31.2 Å². The van der Waals surface area contributed by atoms with Crippen LogP contribution < -0.4 is 0 Å². The van der Waals surface area contributed by atoms with Gasteiger partial charge in [0.15, 0.2) is 0 Å². The van der Waals surface area contributed by atoms with Gasteiger partial charge in [-0.15, -0.1) is 0 Å². The van der Waals surface area contributed by atoms with Crippen LogP contribution in [0.5, 0.6) is 0 Å². The standard InChI is InChI=1S/C26H36N2/c1-3-4-6-9-21-11-13-22(14-12-21)26(16-7-5-8-17-26)25-15-10-20(2)23(18-27)24(25)19-28/h10,15,21-22H,3-9,11-14,16-17H2,1-2H3. The minimum absolute atomic E-state index is 0.122. The third kappa shape index (κ3) is 4.12. The minimum Gasteiger partial charge on any atom is -0.192 e. The number of hydrogen-bond donors (Lipinski definition) is 0. The lowest BCUT2D eigenvalue weighted by Crippen LogP contribution is -2.40. The molecule has 2 aliphatic carbocycles. The van der Waals surface area contributed by atoms with Crippen molar-refractivity contribution in [2.24, 2.45) is 11.8 Å². The van der Waals surface area contributed by atoms with Crippen LogP contribution in [0.2, 0.25) is 0 Å². The highest BCUT2D eigenvalue weighted by molar-refractivity contribution is 5.56. The molecule has 1 aromatic rings. The fourth-order valence-corrected chi connectivity index (χ4v) is 6.15. The van der Waals surface area contributed by atoms with Crippen LogP contribution in [0.3, 0.4) is 0 Å². The van der Waals surface area contributed by atoms with Gasteiger partial charge in [0.05, 0.1) is 11.1 Å². The SMILES string of the molecule is CCCCCC1CCC(C2(c3ccc(C)c(C#N)c3C#N)CCCCC2)CC1. The number of nitriles is 2. The predicted molar refractivity (Wildman–Crippen MR) is 115 cm³/mol. The first-order chi connectivity index (χ1) is 13.7. The Kier molecular flexibility index (Phi) is 7.18. The van der Waals surface area contributed by atoms with Crippen molar-refractivity contribution in [3.05, 3.63) is 34.4 Å². The lowest BCUT2D eigenvalue weighted by molar-refractivity contribution is 0.124. The van der Waals surface area contributed by atoms with Gasteiger partial charge in [-0.2, -0.15) is 10.5 Å². The number of hydrogen-bond acceptors (Lipinski definition) is 2.